The van der Waals surface area contributed by atoms with Gasteiger partial charge in [-0.3, -0.25) is 14.4 Å². The first kappa shape index (κ1) is 14.7. The quantitative estimate of drug-likeness (QED) is 0.492. The normalized spacial score (nSPS) is 10.6. The molecule has 1 aromatic rings. The van der Waals surface area contributed by atoms with Gasteiger partial charge in [0.2, 0.25) is 5.92 Å². The molecule has 2 N–H and O–H groups in total. The number of rotatable bonds is 4. The first-order chi connectivity index (χ1) is 8.68. The van der Waals surface area contributed by atoms with Crippen molar-refractivity contribution in [2.75, 3.05) is 0 Å². The lowest BCUT2D eigenvalue weighted by Crippen LogP contribution is -2.32. The molecule has 0 radical (unpaired) electrons. The summed E-state index contributed by atoms with van der Waals surface area (Å²) in [4.78, 5) is 32.9. The number of aliphatic carboxylic acids is 2. The van der Waals surface area contributed by atoms with E-state index in [0.29, 0.717) is 0 Å². The van der Waals surface area contributed by atoms with E-state index in [-0.39, 0.29) is 6.07 Å². The van der Waals surface area contributed by atoms with Gasteiger partial charge in [-0.05, 0) is 6.92 Å². The predicted octanol–water partition coefficient (Wildman–Crippen LogP) is 1.38. The molecular formula is C11H7F3O5. The Hall–Kier alpha value is -2.38. The highest BCUT2D eigenvalue weighted by Crippen LogP contribution is 2.23. The SMILES string of the molecule is Cc1c(F)c(F)cc(F)c1C(=O)C(C(=O)O)C(=O)O. The molecule has 0 spiro atoms. The molecule has 19 heavy (non-hydrogen) atoms. The summed E-state index contributed by atoms with van der Waals surface area (Å²) in [6.07, 6.45) is 0. The average molecular weight is 276 g/mol. The summed E-state index contributed by atoms with van der Waals surface area (Å²) in [5, 5.41) is 17.2. The Morgan fingerprint density at radius 1 is 1.05 bits per heavy atom. The molecule has 0 amide bonds. The Balaban J connectivity index is 3.46. The van der Waals surface area contributed by atoms with Crippen molar-refractivity contribution in [3.8, 4) is 0 Å². The van der Waals surface area contributed by atoms with E-state index in [1.807, 2.05) is 0 Å². The van der Waals surface area contributed by atoms with Crippen LogP contribution >= 0.6 is 0 Å². The van der Waals surface area contributed by atoms with Gasteiger partial charge in [0, 0.05) is 11.6 Å². The van der Waals surface area contributed by atoms with Gasteiger partial charge in [-0.15, -0.1) is 0 Å². The van der Waals surface area contributed by atoms with Crippen LogP contribution in [0.25, 0.3) is 0 Å². The third-order valence-corrected chi connectivity index (χ3v) is 2.41. The van der Waals surface area contributed by atoms with Crippen molar-refractivity contribution in [3.63, 3.8) is 0 Å². The number of carboxylic acid groups (broad SMARTS) is 2. The summed E-state index contributed by atoms with van der Waals surface area (Å²) in [7, 11) is 0. The zero-order valence-corrected chi connectivity index (χ0v) is 9.41. The summed E-state index contributed by atoms with van der Waals surface area (Å²) in [5.41, 5.74) is -1.87. The number of ketones is 1. The van der Waals surface area contributed by atoms with Gasteiger partial charge in [0.05, 0.1) is 5.56 Å². The van der Waals surface area contributed by atoms with Crippen molar-refractivity contribution in [3.05, 3.63) is 34.6 Å². The first-order valence-electron chi connectivity index (χ1n) is 4.82. The smallest absolute Gasteiger partial charge is 0.325 e. The van der Waals surface area contributed by atoms with Crippen molar-refractivity contribution in [2.45, 2.75) is 6.92 Å². The maximum atomic E-state index is 13.4. The van der Waals surface area contributed by atoms with Crippen LogP contribution in [0, 0.1) is 30.3 Å². The molecule has 0 bridgehead atoms. The monoisotopic (exact) mass is 276 g/mol. The molecule has 102 valence electrons. The van der Waals surface area contributed by atoms with Gasteiger partial charge in [-0.1, -0.05) is 0 Å². The molecule has 0 aliphatic rings. The number of carbonyl (C=O) groups excluding carboxylic acids is 1. The van der Waals surface area contributed by atoms with Crippen LogP contribution < -0.4 is 0 Å². The maximum Gasteiger partial charge on any atom is 0.325 e. The van der Waals surface area contributed by atoms with Gasteiger partial charge in [0.15, 0.2) is 17.4 Å². The summed E-state index contributed by atoms with van der Waals surface area (Å²) in [6.45, 7) is 0.843. The second-order valence-electron chi connectivity index (χ2n) is 3.63. The lowest BCUT2D eigenvalue weighted by atomic mass is 9.93. The van der Waals surface area contributed by atoms with Gasteiger partial charge >= 0.3 is 11.9 Å². The number of hydrogen-bond acceptors (Lipinski definition) is 3. The van der Waals surface area contributed by atoms with Gasteiger partial charge in [0.1, 0.15) is 5.82 Å². The lowest BCUT2D eigenvalue weighted by Gasteiger charge is -2.11. The largest absolute Gasteiger partial charge is 0.480 e. The molecule has 0 aromatic heterocycles. The topological polar surface area (TPSA) is 91.7 Å². The van der Waals surface area contributed by atoms with Crippen LogP contribution in [0.5, 0.6) is 0 Å². The first-order valence-corrected chi connectivity index (χ1v) is 4.82. The molecule has 0 atom stereocenters. The highest BCUT2D eigenvalue weighted by Gasteiger charge is 2.37. The fourth-order valence-corrected chi connectivity index (χ4v) is 1.49. The number of Topliss-reactive ketones (excluding diaryl/α,β-unsaturated/α-hetero) is 1. The molecule has 0 aliphatic carbocycles. The zero-order valence-electron chi connectivity index (χ0n) is 9.41. The molecule has 5 nitrogen and oxygen atoms in total. The number of benzene rings is 1. The van der Waals surface area contributed by atoms with E-state index in [0.717, 1.165) is 6.92 Å². The molecule has 0 heterocycles. The fraction of sp³-hybridized carbons (Fsp3) is 0.182. The average Bonchev–Trinajstić information content (AvgIpc) is 2.24. The molecule has 1 rings (SSSR count). The highest BCUT2D eigenvalue weighted by atomic mass is 19.2. The predicted molar refractivity (Wildman–Crippen MR) is 54.1 cm³/mol. The molecule has 0 saturated heterocycles. The van der Waals surface area contributed by atoms with E-state index >= 15 is 0 Å². The summed E-state index contributed by atoms with van der Waals surface area (Å²) in [5.74, 6) is -12.9. The fourth-order valence-electron chi connectivity index (χ4n) is 1.49. The second kappa shape index (κ2) is 5.09. The standard InChI is InChI=1S/C11H7F3O5/c1-3-6(4(12)2-5(13)8(3)14)9(15)7(10(16)17)11(18)19/h2,7H,1H3,(H,16,17)(H,18,19). The molecule has 0 aliphatic heterocycles. The molecule has 0 saturated carbocycles. The van der Waals surface area contributed by atoms with E-state index in [9.17, 15) is 27.6 Å². The Labute approximate surface area is 104 Å². The minimum atomic E-state index is -2.59. The maximum absolute atomic E-state index is 13.4. The van der Waals surface area contributed by atoms with Crippen LogP contribution in [0.1, 0.15) is 15.9 Å². The van der Waals surface area contributed by atoms with Crippen LogP contribution in [0.3, 0.4) is 0 Å². The Morgan fingerprint density at radius 3 is 1.95 bits per heavy atom. The summed E-state index contributed by atoms with van der Waals surface area (Å²) >= 11 is 0. The van der Waals surface area contributed by atoms with Crippen LogP contribution in [0.2, 0.25) is 0 Å². The van der Waals surface area contributed by atoms with E-state index in [4.69, 9.17) is 10.2 Å². The van der Waals surface area contributed by atoms with E-state index in [2.05, 4.69) is 0 Å². The van der Waals surface area contributed by atoms with Gasteiger partial charge < -0.3 is 10.2 Å². The molecule has 1 aromatic carbocycles. The minimum absolute atomic E-state index is 0.0519. The van der Waals surface area contributed by atoms with Crippen molar-refractivity contribution in [1.29, 1.82) is 0 Å². The number of carboxylic acids is 2. The van der Waals surface area contributed by atoms with Gasteiger partial charge in [0.25, 0.3) is 0 Å². The Bertz CT molecular complexity index is 568. The van der Waals surface area contributed by atoms with Gasteiger partial charge in [-0.25, -0.2) is 13.2 Å². The number of carbonyl (C=O) groups is 3. The van der Waals surface area contributed by atoms with Crippen molar-refractivity contribution >= 4 is 17.7 Å². The number of hydrogen-bond donors (Lipinski definition) is 2. The molecular weight excluding hydrogens is 269 g/mol. The van der Waals surface area contributed by atoms with E-state index < -0.39 is 52.2 Å². The minimum Gasteiger partial charge on any atom is -0.480 e. The summed E-state index contributed by atoms with van der Waals surface area (Å²) in [6, 6.07) is 0.0519. The van der Waals surface area contributed by atoms with E-state index in [1.165, 1.54) is 0 Å². The molecule has 8 heteroatoms. The highest BCUT2D eigenvalue weighted by molar-refractivity contribution is 6.20. The summed E-state index contributed by atoms with van der Waals surface area (Å²) < 4.78 is 39.5. The third-order valence-electron chi connectivity index (χ3n) is 2.41. The Morgan fingerprint density at radius 2 is 1.53 bits per heavy atom. The molecule has 0 fully saturated rings. The molecule has 0 unspecified atom stereocenters. The second-order valence-corrected chi connectivity index (χ2v) is 3.63. The van der Waals surface area contributed by atoms with Crippen LogP contribution in [0.15, 0.2) is 6.07 Å². The number of halogens is 3. The van der Waals surface area contributed by atoms with Crippen molar-refractivity contribution in [2.24, 2.45) is 5.92 Å². The zero-order chi connectivity index (χ0) is 14.9. The van der Waals surface area contributed by atoms with Crippen LogP contribution in [-0.4, -0.2) is 27.9 Å². The lowest BCUT2D eigenvalue weighted by molar-refractivity contribution is -0.151. The van der Waals surface area contributed by atoms with E-state index in [1.54, 1.807) is 0 Å². The van der Waals surface area contributed by atoms with Gasteiger partial charge in [-0.2, -0.15) is 0 Å². The van der Waals surface area contributed by atoms with Crippen molar-refractivity contribution < 1.29 is 37.8 Å². The third kappa shape index (κ3) is 2.56. The van der Waals surface area contributed by atoms with Crippen LogP contribution in [0.4, 0.5) is 13.2 Å². The Kier molecular flexibility index (Phi) is 3.93. The van der Waals surface area contributed by atoms with Crippen molar-refractivity contribution in [1.82, 2.24) is 0 Å². The van der Waals surface area contributed by atoms with Crippen LogP contribution in [-0.2, 0) is 9.59 Å².